The first kappa shape index (κ1) is 14.1. The summed E-state index contributed by atoms with van der Waals surface area (Å²) in [5.74, 6) is 0.447. The molecule has 1 N–H and O–H groups in total. The van der Waals surface area contributed by atoms with Gasteiger partial charge < -0.3 is 5.32 Å². The van der Waals surface area contributed by atoms with Gasteiger partial charge in [0, 0.05) is 21.4 Å². The van der Waals surface area contributed by atoms with E-state index in [4.69, 9.17) is 0 Å². The second kappa shape index (κ2) is 6.74. The third-order valence-corrected chi connectivity index (χ3v) is 4.92. The summed E-state index contributed by atoms with van der Waals surface area (Å²) in [7, 11) is 0. The zero-order valence-corrected chi connectivity index (χ0v) is 12.9. The van der Waals surface area contributed by atoms with Crippen LogP contribution in [0.4, 0.5) is 0 Å². The van der Waals surface area contributed by atoms with Crippen molar-refractivity contribution in [1.82, 2.24) is 10.3 Å². The number of hydrogen-bond donors (Lipinski definition) is 1. The van der Waals surface area contributed by atoms with E-state index in [9.17, 15) is 4.79 Å². The standard InChI is InChI=1S/C16H14N2OS2/c19-15(18-10-13-6-3-9-20-13)11-21-14-7-1-4-12-5-2-8-17-16(12)14/h1-9H,10-11H2,(H,18,19). The lowest BCUT2D eigenvalue weighted by Gasteiger charge is -2.06. The quantitative estimate of drug-likeness (QED) is 0.730. The average Bonchev–Trinajstić information content (AvgIpc) is 3.04. The van der Waals surface area contributed by atoms with Gasteiger partial charge in [-0.15, -0.1) is 23.1 Å². The summed E-state index contributed by atoms with van der Waals surface area (Å²) in [5.41, 5.74) is 0.955. The maximum absolute atomic E-state index is 11.9. The number of carbonyl (C=O) groups is 1. The minimum absolute atomic E-state index is 0.0429. The van der Waals surface area contributed by atoms with Crippen LogP contribution in [0.5, 0.6) is 0 Å². The lowest BCUT2D eigenvalue weighted by Crippen LogP contribution is -2.24. The minimum Gasteiger partial charge on any atom is -0.350 e. The van der Waals surface area contributed by atoms with Gasteiger partial charge in [0.2, 0.25) is 5.91 Å². The highest BCUT2D eigenvalue weighted by molar-refractivity contribution is 8.00. The highest BCUT2D eigenvalue weighted by Crippen LogP contribution is 2.25. The van der Waals surface area contributed by atoms with Crippen molar-refractivity contribution in [2.24, 2.45) is 0 Å². The summed E-state index contributed by atoms with van der Waals surface area (Å²) in [6, 6.07) is 14.0. The summed E-state index contributed by atoms with van der Waals surface area (Å²) in [4.78, 5) is 18.5. The van der Waals surface area contributed by atoms with Crippen molar-refractivity contribution in [1.29, 1.82) is 0 Å². The second-order valence-electron chi connectivity index (χ2n) is 4.48. The van der Waals surface area contributed by atoms with E-state index in [2.05, 4.69) is 10.3 Å². The molecule has 3 rings (SSSR count). The summed E-state index contributed by atoms with van der Waals surface area (Å²) in [6.45, 7) is 0.602. The van der Waals surface area contributed by atoms with Crippen LogP contribution in [0, 0.1) is 0 Å². The van der Waals surface area contributed by atoms with Crippen LogP contribution in [0.3, 0.4) is 0 Å². The Bertz CT molecular complexity index is 736. The van der Waals surface area contributed by atoms with E-state index < -0.39 is 0 Å². The van der Waals surface area contributed by atoms with Gasteiger partial charge in [-0.25, -0.2) is 0 Å². The fourth-order valence-electron chi connectivity index (χ4n) is 1.99. The molecule has 0 aliphatic carbocycles. The second-order valence-corrected chi connectivity index (χ2v) is 6.53. The smallest absolute Gasteiger partial charge is 0.230 e. The first-order valence-electron chi connectivity index (χ1n) is 6.58. The molecule has 21 heavy (non-hydrogen) atoms. The third-order valence-electron chi connectivity index (χ3n) is 2.99. The minimum atomic E-state index is 0.0429. The lowest BCUT2D eigenvalue weighted by atomic mass is 10.2. The molecule has 0 atom stereocenters. The van der Waals surface area contributed by atoms with E-state index in [0.717, 1.165) is 15.8 Å². The molecule has 0 aliphatic rings. The van der Waals surface area contributed by atoms with E-state index in [-0.39, 0.29) is 5.91 Å². The van der Waals surface area contributed by atoms with Gasteiger partial charge >= 0.3 is 0 Å². The number of amides is 1. The first-order chi connectivity index (χ1) is 10.3. The Labute approximate surface area is 131 Å². The summed E-state index contributed by atoms with van der Waals surface area (Å²) in [6.07, 6.45) is 1.78. The Morgan fingerprint density at radius 1 is 1.19 bits per heavy atom. The number of rotatable bonds is 5. The Kier molecular flexibility index (Phi) is 4.52. The number of pyridine rings is 1. The predicted molar refractivity (Wildman–Crippen MR) is 88.6 cm³/mol. The monoisotopic (exact) mass is 314 g/mol. The van der Waals surface area contributed by atoms with Crippen LogP contribution in [0.2, 0.25) is 0 Å². The SMILES string of the molecule is O=C(CSc1cccc2cccnc12)NCc1cccs1. The molecule has 0 fully saturated rings. The Hall–Kier alpha value is -1.85. The average molecular weight is 314 g/mol. The van der Waals surface area contributed by atoms with E-state index in [1.807, 2.05) is 47.8 Å². The maximum atomic E-state index is 11.9. The third kappa shape index (κ3) is 3.62. The van der Waals surface area contributed by atoms with Gasteiger partial charge in [-0.05, 0) is 23.6 Å². The van der Waals surface area contributed by atoms with E-state index in [0.29, 0.717) is 12.3 Å². The number of fused-ring (bicyclic) bond motifs is 1. The summed E-state index contributed by atoms with van der Waals surface area (Å²) >= 11 is 3.17. The fraction of sp³-hybridized carbons (Fsp3) is 0.125. The van der Waals surface area contributed by atoms with Crippen molar-refractivity contribution in [2.45, 2.75) is 11.4 Å². The number of hydrogen-bond acceptors (Lipinski definition) is 4. The van der Waals surface area contributed by atoms with E-state index >= 15 is 0 Å². The van der Waals surface area contributed by atoms with Crippen molar-refractivity contribution in [3.8, 4) is 0 Å². The highest BCUT2D eigenvalue weighted by Gasteiger charge is 2.06. The molecule has 1 aromatic carbocycles. The number of carbonyl (C=O) groups excluding carboxylic acids is 1. The molecule has 0 spiro atoms. The molecule has 5 heteroatoms. The van der Waals surface area contributed by atoms with Crippen molar-refractivity contribution >= 4 is 39.9 Å². The first-order valence-corrected chi connectivity index (χ1v) is 8.45. The molecule has 3 aromatic rings. The predicted octanol–water partition coefficient (Wildman–Crippen LogP) is 3.70. The summed E-state index contributed by atoms with van der Waals surface area (Å²) < 4.78 is 0. The molecule has 0 saturated heterocycles. The largest absolute Gasteiger partial charge is 0.350 e. The number of benzene rings is 1. The number of nitrogens with one attached hydrogen (secondary N) is 1. The molecule has 0 aliphatic heterocycles. The molecular formula is C16H14N2OS2. The van der Waals surface area contributed by atoms with Gasteiger partial charge in [0.25, 0.3) is 0 Å². The molecule has 0 unspecified atom stereocenters. The number of thiophene rings is 1. The normalized spacial score (nSPS) is 10.7. The van der Waals surface area contributed by atoms with Crippen molar-refractivity contribution < 1.29 is 4.79 Å². The Morgan fingerprint density at radius 2 is 2.10 bits per heavy atom. The summed E-state index contributed by atoms with van der Waals surface area (Å²) in [5, 5.41) is 6.04. The van der Waals surface area contributed by atoms with Crippen molar-refractivity contribution in [3.05, 3.63) is 58.9 Å². The molecule has 2 aromatic heterocycles. The molecule has 3 nitrogen and oxygen atoms in total. The number of nitrogens with zero attached hydrogens (tertiary/aromatic N) is 1. The van der Waals surface area contributed by atoms with Crippen LogP contribution >= 0.6 is 23.1 Å². The molecule has 0 saturated carbocycles. The fourth-order valence-corrected chi connectivity index (χ4v) is 3.50. The molecule has 0 bridgehead atoms. The zero-order chi connectivity index (χ0) is 14.5. The number of aromatic nitrogens is 1. The van der Waals surface area contributed by atoms with Crippen molar-refractivity contribution in [2.75, 3.05) is 5.75 Å². The zero-order valence-electron chi connectivity index (χ0n) is 11.3. The maximum Gasteiger partial charge on any atom is 0.230 e. The van der Waals surface area contributed by atoms with Crippen LogP contribution in [-0.2, 0) is 11.3 Å². The van der Waals surface area contributed by atoms with Gasteiger partial charge in [-0.1, -0.05) is 24.3 Å². The Morgan fingerprint density at radius 3 is 2.95 bits per heavy atom. The molecule has 1 amide bonds. The van der Waals surface area contributed by atoms with E-state index in [1.165, 1.54) is 16.6 Å². The van der Waals surface area contributed by atoms with Crippen molar-refractivity contribution in [3.63, 3.8) is 0 Å². The van der Waals surface area contributed by atoms with E-state index in [1.54, 1.807) is 17.5 Å². The van der Waals surface area contributed by atoms with Crippen LogP contribution < -0.4 is 5.32 Å². The molecule has 2 heterocycles. The lowest BCUT2D eigenvalue weighted by molar-refractivity contribution is -0.118. The molecule has 106 valence electrons. The van der Waals surface area contributed by atoms with Crippen LogP contribution in [-0.4, -0.2) is 16.6 Å². The topological polar surface area (TPSA) is 42.0 Å². The number of thioether (sulfide) groups is 1. The van der Waals surface area contributed by atoms with Gasteiger partial charge in [-0.3, -0.25) is 9.78 Å². The van der Waals surface area contributed by atoms with Crippen LogP contribution in [0.15, 0.2) is 58.9 Å². The Balaban J connectivity index is 1.60. The van der Waals surface area contributed by atoms with Gasteiger partial charge in [0.05, 0.1) is 17.8 Å². The highest BCUT2D eigenvalue weighted by atomic mass is 32.2. The van der Waals surface area contributed by atoms with Gasteiger partial charge in [0.15, 0.2) is 0 Å². The van der Waals surface area contributed by atoms with Gasteiger partial charge in [-0.2, -0.15) is 0 Å². The number of para-hydroxylation sites is 1. The van der Waals surface area contributed by atoms with Gasteiger partial charge in [0.1, 0.15) is 0 Å². The van der Waals surface area contributed by atoms with Crippen LogP contribution in [0.1, 0.15) is 4.88 Å². The molecular weight excluding hydrogens is 300 g/mol. The van der Waals surface area contributed by atoms with Crippen LogP contribution in [0.25, 0.3) is 10.9 Å². The molecule has 0 radical (unpaired) electrons.